The van der Waals surface area contributed by atoms with Gasteiger partial charge in [-0.3, -0.25) is 0 Å². The van der Waals surface area contributed by atoms with Gasteiger partial charge < -0.3 is 14.2 Å². The van der Waals surface area contributed by atoms with Crippen molar-refractivity contribution >= 4 is 5.97 Å². The molecule has 0 saturated heterocycles. The first-order valence-electron chi connectivity index (χ1n) is 7.09. The van der Waals surface area contributed by atoms with Gasteiger partial charge in [0.1, 0.15) is 12.7 Å². The van der Waals surface area contributed by atoms with Crippen molar-refractivity contribution < 1.29 is 19.0 Å². The molecule has 0 aliphatic rings. The summed E-state index contributed by atoms with van der Waals surface area (Å²) in [4.78, 5) is 11.9. The molecule has 2 aromatic rings. The van der Waals surface area contributed by atoms with Crippen molar-refractivity contribution in [3.8, 4) is 17.6 Å². The van der Waals surface area contributed by atoms with Gasteiger partial charge in [0.15, 0.2) is 17.6 Å². The van der Waals surface area contributed by atoms with Gasteiger partial charge in [-0.1, -0.05) is 30.3 Å². The van der Waals surface area contributed by atoms with Gasteiger partial charge in [0.25, 0.3) is 0 Å². The molecule has 1 atom stereocenters. The fourth-order valence-electron chi connectivity index (χ4n) is 1.90. The van der Waals surface area contributed by atoms with Gasteiger partial charge >= 0.3 is 5.97 Å². The highest BCUT2D eigenvalue weighted by atomic mass is 16.5. The van der Waals surface area contributed by atoms with Gasteiger partial charge in [0.05, 0.1) is 12.7 Å². The van der Waals surface area contributed by atoms with E-state index in [-0.39, 0.29) is 0 Å². The largest absolute Gasteiger partial charge is 0.493 e. The number of hydrogen-bond acceptors (Lipinski definition) is 5. The van der Waals surface area contributed by atoms with Gasteiger partial charge in [0.2, 0.25) is 0 Å². The van der Waals surface area contributed by atoms with Gasteiger partial charge in [-0.25, -0.2) is 4.79 Å². The lowest BCUT2D eigenvalue weighted by atomic mass is 10.2. The summed E-state index contributed by atoms with van der Waals surface area (Å²) in [7, 11) is 1.50. The molecule has 0 aliphatic carbocycles. The Morgan fingerprint density at radius 2 is 1.91 bits per heavy atom. The predicted octanol–water partition coefficient (Wildman–Crippen LogP) is 3.34. The second kappa shape index (κ2) is 7.85. The lowest BCUT2D eigenvalue weighted by Gasteiger charge is -2.12. The molecule has 0 amide bonds. The van der Waals surface area contributed by atoms with Crippen LogP contribution in [0.15, 0.2) is 48.5 Å². The van der Waals surface area contributed by atoms with E-state index in [4.69, 9.17) is 19.5 Å². The lowest BCUT2D eigenvalue weighted by molar-refractivity contribution is 0.0435. The average Bonchev–Trinajstić information content (AvgIpc) is 2.60. The predicted molar refractivity (Wildman–Crippen MR) is 84.3 cm³/mol. The molecule has 0 aliphatic heterocycles. The first kappa shape index (κ1) is 16.4. The van der Waals surface area contributed by atoms with Crippen molar-refractivity contribution in [2.24, 2.45) is 0 Å². The first-order chi connectivity index (χ1) is 11.1. The second-order valence-electron chi connectivity index (χ2n) is 4.82. The molecule has 0 aromatic heterocycles. The molecular formula is C18H17NO4. The summed E-state index contributed by atoms with van der Waals surface area (Å²) in [6, 6.07) is 16.3. The fourth-order valence-corrected chi connectivity index (χ4v) is 1.90. The first-order valence-corrected chi connectivity index (χ1v) is 7.09. The van der Waals surface area contributed by atoms with Crippen LogP contribution in [0, 0.1) is 11.3 Å². The molecule has 0 saturated carbocycles. The summed E-state index contributed by atoms with van der Waals surface area (Å²) in [5.74, 6) is 0.383. The van der Waals surface area contributed by atoms with E-state index in [1.807, 2.05) is 36.4 Å². The molecule has 0 N–H and O–H groups in total. The Hall–Kier alpha value is -3.00. The van der Waals surface area contributed by atoms with E-state index in [2.05, 4.69) is 0 Å². The van der Waals surface area contributed by atoms with Crippen LogP contribution < -0.4 is 9.47 Å². The molecule has 0 radical (unpaired) electrons. The van der Waals surface area contributed by atoms with Crippen molar-refractivity contribution in [3.05, 3.63) is 59.7 Å². The van der Waals surface area contributed by atoms with Gasteiger partial charge in [0, 0.05) is 0 Å². The van der Waals surface area contributed by atoms with Gasteiger partial charge in [-0.2, -0.15) is 5.26 Å². The van der Waals surface area contributed by atoms with Crippen LogP contribution in [0.1, 0.15) is 22.8 Å². The van der Waals surface area contributed by atoms with E-state index in [1.54, 1.807) is 12.1 Å². The standard InChI is InChI=1S/C18H17NO4/c1-13(11-19)23-18(20)15-8-9-16(17(10-15)21-2)22-12-14-6-4-3-5-7-14/h3-10,13H,12H2,1-2H3/t13-/m1/s1. The highest BCUT2D eigenvalue weighted by Gasteiger charge is 2.14. The molecule has 0 heterocycles. The summed E-state index contributed by atoms with van der Waals surface area (Å²) in [6.45, 7) is 1.90. The number of nitrogens with zero attached hydrogens (tertiary/aromatic N) is 1. The minimum absolute atomic E-state index is 0.302. The number of hydrogen-bond donors (Lipinski definition) is 0. The monoisotopic (exact) mass is 311 g/mol. The second-order valence-corrected chi connectivity index (χ2v) is 4.82. The van der Waals surface area contributed by atoms with Crippen LogP contribution in [0.3, 0.4) is 0 Å². The minimum Gasteiger partial charge on any atom is -0.493 e. The van der Waals surface area contributed by atoms with Crippen molar-refractivity contribution in [1.29, 1.82) is 5.26 Å². The summed E-state index contributed by atoms with van der Waals surface area (Å²) < 4.78 is 15.9. The molecule has 5 nitrogen and oxygen atoms in total. The van der Waals surface area contributed by atoms with Crippen molar-refractivity contribution in [3.63, 3.8) is 0 Å². The normalized spacial score (nSPS) is 11.2. The van der Waals surface area contributed by atoms with Crippen LogP contribution in [0.4, 0.5) is 0 Å². The van der Waals surface area contributed by atoms with Crippen LogP contribution in [-0.2, 0) is 11.3 Å². The molecule has 2 rings (SSSR count). The Labute approximate surface area is 135 Å². The Morgan fingerprint density at radius 3 is 2.57 bits per heavy atom. The number of ether oxygens (including phenoxy) is 3. The summed E-state index contributed by atoms with van der Waals surface area (Å²) in [5.41, 5.74) is 1.33. The fraction of sp³-hybridized carbons (Fsp3) is 0.222. The number of benzene rings is 2. The Kier molecular flexibility index (Phi) is 5.59. The zero-order valence-corrected chi connectivity index (χ0v) is 13.0. The third kappa shape index (κ3) is 4.48. The third-order valence-electron chi connectivity index (χ3n) is 3.10. The van der Waals surface area contributed by atoms with Crippen molar-refractivity contribution in [1.82, 2.24) is 0 Å². The van der Waals surface area contributed by atoms with E-state index < -0.39 is 12.1 Å². The van der Waals surface area contributed by atoms with E-state index in [9.17, 15) is 4.79 Å². The van der Waals surface area contributed by atoms with Crippen LogP contribution in [0.25, 0.3) is 0 Å². The van der Waals surface area contributed by atoms with Crippen molar-refractivity contribution in [2.75, 3.05) is 7.11 Å². The van der Waals surface area contributed by atoms with E-state index in [0.29, 0.717) is 23.7 Å². The molecule has 0 unspecified atom stereocenters. The quantitative estimate of drug-likeness (QED) is 0.765. The number of rotatable bonds is 6. The van der Waals surface area contributed by atoms with Gasteiger partial charge in [-0.05, 0) is 30.7 Å². The Bertz CT molecular complexity index is 707. The maximum Gasteiger partial charge on any atom is 0.339 e. The number of methoxy groups -OCH3 is 1. The van der Waals surface area contributed by atoms with Crippen LogP contribution in [0.2, 0.25) is 0 Å². The molecule has 0 fully saturated rings. The van der Waals surface area contributed by atoms with Crippen molar-refractivity contribution in [2.45, 2.75) is 19.6 Å². The van der Waals surface area contributed by atoms with Crippen LogP contribution >= 0.6 is 0 Å². The number of carbonyl (C=O) groups is 1. The summed E-state index contributed by atoms with van der Waals surface area (Å²) in [5, 5.41) is 8.68. The zero-order chi connectivity index (χ0) is 16.7. The van der Waals surface area contributed by atoms with E-state index >= 15 is 0 Å². The molecule has 23 heavy (non-hydrogen) atoms. The smallest absolute Gasteiger partial charge is 0.339 e. The maximum absolute atomic E-state index is 11.9. The van der Waals surface area contributed by atoms with Gasteiger partial charge in [-0.15, -0.1) is 0 Å². The Balaban J connectivity index is 2.10. The maximum atomic E-state index is 11.9. The molecule has 0 spiro atoms. The third-order valence-corrected chi connectivity index (χ3v) is 3.10. The lowest BCUT2D eigenvalue weighted by Crippen LogP contribution is -2.13. The highest BCUT2D eigenvalue weighted by molar-refractivity contribution is 5.90. The molecule has 0 bridgehead atoms. The highest BCUT2D eigenvalue weighted by Crippen LogP contribution is 2.29. The summed E-state index contributed by atoms with van der Waals surface area (Å²) in [6.07, 6.45) is -0.803. The SMILES string of the molecule is COc1cc(C(=O)O[C@H](C)C#N)ccc1OCc1ccccc1. The zero-order valence-electron chi connectivity index (χ0n) is 13.0. The Morgan fingerprint density at radius 1 is 1.17 bits per heavy atom. The minimum atomic E-state index is -0.803. The molecular weight excluding hydrogens is 294 g/mol. The topological polar surface area (TPSA) is 68.5 Å². The molecule has 118 valence electrons. The molecule has 2 aromatic carbocycles. The van der Waals surface area contributed by atoms with Crippen LogP contribution in [-0.4, -0.2) is 19.2 Å². The molecule has 5 heteroatoms. The number of esters is 1. The number of nitriles is 1. The van der Waals surface area contributed by atoms with Crippen LogP contribution in [0.5, 0.6) is 11.5 Å². The number of carbonyl (C=O) groups excluding carboxylic acids is 1. The summed E-state index contributed by atoms with van der Waals surface area (Å²) >= 11 is 0. The average molecular weight is 311 g/mol. The van der Waals surface area contributed by atoms with E-state index in [0.717, 1.165) is 5.56 Å². The van der Waals surface area contributed by atoms with E-state index in [1.165, 1.54) is 20.1 Å².